The minimum atomic E-state index is -0.560. The molecule has 0 aliphatic carbocycles. The number of esters is 1. The first-order chi connectivity index (χ1) is 13.4. The maximum atomic E-state index is 12.0. The number of carbonyl (C=O) groups excluding carboxylic acids is 2. The van der Waals surface area contributed by atoms with Crippen molar-refractivity contribution >= 4 is 29.2 Å². The van der Waals surface area contributed by atoms with Gasteiger partial charge in [-0.2, -0.15) is 5.26 Å². The maximum absolute atomic E-state index is 12.0. The molecule has 0 aliphatic rings. The van der Waals surface area contributed by atoms with E-state index >= 15 is 0 Å². The van der Waals surface area contributed by atoms with Gasteiger partial charge in [-0.05, 0) is 42.3 Å². The lowest BCUT2D eigenvalue weighted by atomic mass is 10.1. The van der Waals surface area contributed by atoms with E-state index in [4.69, 9.17) is 31.1 Å². The number of benzene rings is 2. The number of nitrogens with one attached hydrogen (secondary N) is 1. The van der Waals surface area contributed by atoms with Gasteiger partial charge in [-0.15, -0.1) is 0 Å². The summed E-state index contributed by atoms with van der Waals surface area (Å²) in [4.78, 5) is 23.9. The molecule has 7 nitrogen and oxygen atoms in total. The first-order valence-electron chi connectivity index (χ1n) is 8.32. The molecule has 0 heterocycles. The third-order valence-electron chi connectivity index (χ3n) is 3.77. The molecule has 0 saturated heterocycles. The van der Waals surface area contributed by atoms with Gasteiger partial charge in [0.05, 0.1) is 25.5 Å². The van der Waals surface area contributed by atoms with E-state index in [2.05, 4.69) is 5.32 Å². The zero-order valence-electron chi connectivity index (χ0n) is 15.5. The molecule has 28 heavy (non-hydrogen) atoms. The van der Waals surface area contributed by atoms with Crippen LogP contribution in [-0.2, 0) is 20.7 Å². The minimum Gasteiger partial charge on any atom is -0.497 e. The van der Waals surface area contributed by atoms with Gasteiger partial charge >= 0.3 is 5.97 Å². The highest BCUT2D eigenvalue weighted by Gasteiger charge is 2.12. The van der Waals surface area contributed by atoms with Crippen molar-refractivity contribution in [3.8, 4) is 17.6 Å². The number of aryl methyl sites for hydroxylation is 1. The van der Waals surface area contributed by atoms with Crippen LogP contribution in [0.1, 0.15) is 17.5 Å². The number of amides is 1. The van der Waals surface area contributed by atoms with Gasteiger partial charge in [-0.3, -0.25) is 9.59 Å². The lowest BCUT2D eigenvalue weighted by Gasteiger charge is -2.09. The third-order valence-corrected chi connectivity index (χ3v) is 4.00. The smallest absolute Gasteiger partial charge is 0.306 e. The molecule has 1 N–H and O–H groups in total. The lowest BCUT2D eigenvalue weighted by molar-refractivity contribution is -0.147. The summed E-state index contributed by atoms with van der Waals surface area (Å²) in [7, 11) is 3.09. The highest BCUT2D eigenvalue weighted by Crippen LogP contribution is 2.23. The molecule has 1 amide bonds. The Balaban J connectivity index is 1.85. The fourth-order valence-electron chi connectivity index (χ4n) is 2.38. The van der Waals surface area contributed by atoms with Crippen molar-refractivity contribution in [2.75, 3.05) is 26.1 Å². The summed E-state index contributed by atoms with van der Waals surface area (Å²) in [6.45, 7) is -0.461. The van der Waals surface area contributed by atoms with Crippen LogP contribution in [0.5, 0.6) is 11.5 Å². The second kappa shape index (κ2) is 10.2. The summed E-state index contributed by atoms with van der Waals surface area (Å²) < 4.78 is 15.4. The zero-order chi connectivity index (χ0) is 20.5. The van der Waals surface area contributed by atoms with E-state index < -0.39 is 18.5 Å². The topological polar surface area (TPSA) is 97.6 Å². The summed E-state index contributed by atoms with van der Waals surface area (Å²) in [5, 5.41) is 11.9. The van der Waals surface area contributed by atoms with Crippen molar-refractivity contribution in [1.29, 1.82) is 5.26 Å². The summed E-state index contributed by atoms with van der Waals surface area (Å²) in [5.41, 5.74) is 1.37. The van der Waals surface area contributed by atoms with E-state index in [-0.39, 0.29) is 17.7 Å². The van der Waals surface area contributed by atoms with Gasteiger partial charge in [-0.25, -0.2) is 0 Å². The van der Waals surface area contributed by atoms with Crippen molar-refractivity contribution in [2.45, 2.75) is 12.8 Å². The number of carbonyl (C=O) groups is 2. The van der Waals surface area contributed by atoms with E-state index in [1.165, 1.54) is 12.1 Å². The first-order valence-corrected chi connectivity index (χ1v) is 8.70. The molecule has 0 aromatic heterocycles. The second-order valence-corrected chi connectivity index (χ2v) is 6.17. The number of hydrogen-bond acceptors (Lipinski definition) is 6. The van der Waals surface area contributed by atoms with Crippen LogP contribution in [-0.4, -0.2) is 32.7 Å². The van der Waals surface area contributed by atoms with Crippen LogP contribution in [0, 0.1) is 11.3 Å². The predicted molar refractivity (Wildman–Crippen MR) is 104 cm³/mol. The molecule has 0 fully saturated rings. The lowest BCUT2D eigenvalue weighted by Crippen LogP contribution is -2.21. The number of nitrogens with zero attached hydrogens (tertiary/aromatic N) is 1. The molecule has 2 aromatic rings. The van der Waals surface area contributed by atoms with Crippen LogP contribution in [0.25, 0.3) is 0 Å². The highest BCUT2D eigenvalue weighted by atomic mass is 35.5. The van der Waals surface area contributed by atoms with Crippen molar-refractivity contribution in [3.05, 3.63) is 52.5 Å². The highest BCUT2D eigenvalue weighted by molar-refractivity contribution is 6.31. The number of nitriles is 1. The van der Waals surface area contributed by atoms with E-state index in [1.807, 2.05) is 6.07 Å². The Morgan fingerprint density at radius 2 is 1.79 bits per heavy atom. The second-order valence-electron chi connectivity index (χ2n) is 5.73. The number of halogens is 1. The molecular formula is C20H19ClN2O5. The number of rotatable bonds is 8. The predicted octanol–water partition coefficient (Wildman–Crippen LogP) is 3.34. The van der Waals surface area contributed by atoms with E-state index in [0.29, 0.717) is 22.9 Å². The van der Waals surface area contributed by atoms with Gasteiger partial charge in [0.15, 0.2) is 6.61 Å². The fraction of sp³-hybridized carbons (Fsp3) is 0.250. The Kier molecular flexibility index (Phi) is 7.66. The van der Waals surface area contributed by atoms with Gasteiger partial charge < -0.3 is 19.5 Å². The van der Waals surface area contributed by atoms with Crippen LogP contribution < -0.4 is 14.8 Å². The number of methoxy groups -OCH3 is 2. The normalized spacial score (nSPS) is 9.93. The van der Waals surface area contributed by atoms with E-state index in [9.17, 15) is 9.59 Å². The molecule has 146 valence electrons. The average Bonchev–Trinajstić information content (AvgIpc) is 2.70. The molecule has 0 radical (unpaired) electrons. The Labute approximate surface area is 167 Å². The molecule has 0 spiro atoms. The van der Waals surface area contributed by atoms with Crippen LogP contribution in [0.15, 0.2) is 36.4 Å². The first kappa shape index (κ1) is 21.1. The fourth-order valence-corrected chi connectivity index (χ4v) is 2.55. The van der Waals surface area contributed by atoms with Crippen molar-refractivity contribution < 1.29 is 23.8 Å². The summed E-state index contributed by atoms with van der Waals surface area (Å²) >= 11 is 5.86. The number of hydrogen-bond donors (Lipinski definition) is 1. The summed E-state index contributed by atoms with van der Waals surface area (Å²) in [6, 6.07) is 11.8. The van der Waals surface area contributed by atoms with Crippen molar-refractivity contribution in [3.63, 3.8) is 0 Å². The standard InChI is InChI=1S/C20H19ClN2O5/c1-26-16-7-13(8-17(10-16)27-2)3-6-20(25)28-12-19(24)23-18-9-15(21)5-4-14(18)11-22/h4-5,7-10H,3,6,12H2,1-2H3,(H,23,24). The number of ether oxygens (including phenoxy) is 3. The molecule has 0 saturated carbocycles. The molecule has 0 aliphatic heterocycles. The van der Waals surface area contributed by atoms with Crippen LogP contribution in [0.4, 0.5) is 5.69 Å². The molecular weight excluding hydrogens is 384 g/mol. The average molecular weight is 403 g/mol. The quantitative estimate of drug-likeness (QED) is 0.680. The van der Waals surface area contributed by atoms with Crippen molar-refractivity contribution in [2.24, 2.45) is 0 Å². The van der Waals surface area contributed by atoms with Crippen molar-refractivity contribution in [1.82, 2.24) is 0 Å². The maximum Gasteiger partial charge on any atom is 0.306 e. The zero-order valence-corrected chi connectivity index (χ0v) is 16.2. The summed E-state index contributed by atoms with van der Waals surface area (Å²) in [5.74, 6) is 0.160. The largest absolute Gasteiger partial charge is 0.497 e. The summed E-state index contributed by atoms with van der Waals surface area (Å²) in [6.07, 6.45) is 0.491. The molecule has 0 unspecified atom stereocenters. The molecule has 8 heteroatoms. The third kappa shape index (κ3) is 6.18. The van der Waals surface area contributed by atoms with Gasteiger partial charge in [-0.1, -0.05) is 11.6 Å². The van der Waals surface area contributed by atoms with Gasteiger partial charge in [0.2, 0.25) is 0 Å². The molecule has 2 aromatic carbocycles. The Bertz CT molecular complexity index is 886. The van der Waals surface area contributed by atoms with Gasteiger partial charge in [0, 0.05) is 17.5 Å². The van der Waals surface area contributed by atoms with E-state index in [0.717, 1.165) is 5.56 Å². The Morgan fingerprint density at radius 3 is 2.39 bits per heavy atom. The minimum absolute atomic E-state index is 0.0875. The van der Waals surface area contributed by atoms with E-state index in [1.54, 1.807) is 38.5 Å². The number of anilines is 1. The van der Waals surface area contributed by atoms with Crippen LogP contribution in [0.2, 0.25) is 5.02 Å². The van der Waals surface area contributed by atoms with Gasteiger partial charge in [0.25, 0.3) is 5.91 Å². The Hall–Kier alpha value is -3.24. The van der Waals surface area contributed by atoms with Gasteiger partial charge in [0.1, 0.15) is 17.6 Å². The Morgan fingerprint density at radius 1 is 1.11 bits per heavy atom. The molecule has 0 atom stereocenters. The van der Waals surface area contributed by atoms with Crippen LogP contribution in [0.3, 0.4) is 0 Å². The van der Waals surface area contributed by atoms with Crippen LogP contribution >= 0.6 is 11.6 Å². The molecule has 0 bridgehead atoms. The molecule has 2 rings (SSSR count). The SMILES string of the molecule is COc1cc(CCC(=O)OCC(=O)Nc2cc(Cl)ccc2C#N)cc(OC)c1. The monoisotopic (exact) mass is 402 g/mol.